The minimum atomic E-state index is 0.478. The second-order valence-electron chi connectivity index (χ2n) is 6.54. The lowest BCUT2D eigenvalue weighted by molar-refractivity contribution is 0.267. The lowest BCUT2D eigenvalue weighted by Crippen LogP contribution is -2.04. The first-order valence-corrected chi connectivity index (χ1v) is 10.8. The zero-order valence-corrected chi connectivity index (χ0v) is 19.4. The normalized spacial score (nSPS) is 10.7. The maximum Gasteiger partial charge on any atom is 0.175 e. The van der Waals surface area contributed by atoms with Crippen molar-refractivity contribution in [3.05, 3.63) is 85.8 Å². The second kappa shape index (κ2) is 10.2. The molecule has 0 radical (unpaired) electrons. The number of ether oxygens (including phenoxy) is 2. The fourth-order valence-corrected chi connectivity index (χ4v) is 3.76. The van der Waals surface area contributed by atoms with Crippen molar-refractivity contribution in [2.45, 2.75) is 27.0 Å². The summed E-state index contributed by atoms with van der Waals surface area (Å²) in [5, 5.41) is 4.41. The van der Waals surface area contributed by atoms with Crippen molar-refractivity contribution in [1.29, 1.82) is 0 Å². The number of aryl methyl sites for hydroxylation is 1. The van der Waals surface area contributed by atoms with Crippen LogP contribution in [0.4, 0.5) is 5.69 Å². The predicted octanol–water partition coefficient (Wildman–Crippen LogP) is 7.65. The minimum Gasteiger partial charge on any atom is -0.490 e. The van der Waals surface area contributed by atoms with E-state index in [1.807, 2.05) is 43.3 Å². The number of hydrogen-bond donors (Lipinski definition) is 1. The zero-order chi connectivity index (χ0) is 20.8. The molecule has 0 amide bonds. The first kappa shape index (κ1) is 21.8. The number of nitrogens with one attached hydrogen (secondary N) is 1. The largest absolute Gasteiger partial charge is 0.490 e. The van der Waals surface area contributed by atoms with E-state index in [2.05, 4.69) is 40.3 Å². The van der Waals surface area contributed by atoms with Gasteiger partial charge in [0.25, 0.3) is 0 Å². The van der Waals surface area contributed by atoms with Crippen LogP contribution in [-0.4, -0.2) is 6.61 Å². The third-order valence-corrected chi connectivity index (χ3v) is 5.75. The molecule has 3 rings (SSSR count). The van der Waals surface area contributed by atoms with Gasteiger partial charge in [-0.15, -0.1) is 0 Å². The Morgan fingerprint density at radius 2 is 1.76 bits per heavy atom. The molecule has 3 nitrogen and oxygen atoms in total. The molecule has 3 aromatic rings. The van der Waals surface area contributed by atoms with E-state index >= 15 is 0 Å². The van der Waals surface area contributed by atoms with E-state index in [1.54, 1.807) is 6.07 Å². The molecule has 0 unspecified atom stereocenters. The van der Waals surface area contributed by atoms with Crippen LogP contribution in [-0.2, 0) is 13.2 Å². The van der Waals surface area contributed by atoms with Crippen molar-refractivity contribution in [2.75, 3.05) is 11.9 Å². The predicted molar refractivity (Wildman–Crippen MR) is 125 cm³/mol. The number of anilines is 1. The molecule has 0 aliphatic rings. The average Bonchev–Trinajstić information content (AvgIpc) is 2.70. The van der Waals surface area contributed by atoms with E-state index in [0.717, 1.165) is 21.3 Å². The number of halogens is 3. The smallest absolute Gasteiger partial charge is 0.175 e. The summed E-state index contributed by atoms with van der Waals surface area (Å²) in [6, 6.07) is 17.7. The van der Waals surface area contributed by atoms with Crippen LogP contribution in [0.1, 0.15) is 23.6 Å². The standard InChI is InChI=1S/C23H22BrCl2NO2/c1-3-28-22-11-16(13-27-18-8-9-20(25)21(26)12-18)10-19(24)23(22)29-14-17-7-5-4-6-15(17)2/h4-12,27H,3,13-14H2,1-2H3. The molecule has 0 aliphatic heterocycles. The summed E-state index contributed by atoms with van der Waals surface area (Å²) in [5.41, 5.74) is 4.29. The fraction of sp³-hybridized carbons (Fsp3) is 0.217. The van der Waals surface area contributed by atoms with Crippen molar-refractivity contribution in [2.24, 2.45) is 0 Å². The van der Waals surface area contributed by atoms with Gasteiger partial charge >= 0.3 is 0 Å². The molecule has 0 heterocycles. The Kier molecular flexibility index (Phi) is 7.70. The van der Waals surface area contributed by atoms with Crippen LogP contribution < -0.4 is 14.8 Å². The molecular weight excluding hydrogens is 473 g/mol. The van der Waals surface area contributed by atoms with Crippen molar-refractivity contribution in [3.63, 3.8) is 0 Å². The van der Waals surface area contributed by atoms with E-state index in [-0.39, 0.29) is 0 Å². The molecule has 0 saturated carbocycles. The van der Waals surface area contributed by atoms with Crippen LogP contribution in [0.3, 0.4) is 0 Å². The topological polar surface area (TPSA) is 30.5 Å². The summed E-state index contributed by atoms with van der Waals surface area (Å²) in [6.45, 7) is 5.67. The van der Waals surface area contributed by atoms with E-state index < -0.39 is 0 Å². The summed E-state index contributed by atoms with van der Waals surface area (Å²) in [5.74, 6) is 1.41. The quantitative estimate of drug-likeness (QED) is 0.348. The van der Waals surface area contributed by atoms with Gasteiger partial charge in [0.1, 0.15) is 6.61 Å². The van der Waals surface area contributed by atoms with Crippen LogP contribution >= 0.6 is 39.1 Å². The SMILES string of the molecule is CCOc1cc(CNc2ccc(Cl)c(Cl)c2)cc(Br)c1OCc1ccccc1C. The summed E-state index contributed by atoms with van der Waals surface area (Å²) in [6.07, 6.45) is 0. The Hall–Kier alpha value is -1.88. The fourth-order valence-electron chi connectivity index (χ4n) is 2.86. The van der Waals surface area contributed by atoms with Gasteiger partial charge in [-0.1, -0.05) is 47.5 Å². The van der Waals surface area contributed by atoms with Gasteiger partial charge in [-0.25, -0.2) is 0 Å². The van der Waals surface area contributed by atoms with E-state index in [0.29, 0.717) is 41.3 Å². The van der Waals surface area contributed by atoms with Crippen molar-refractivity contribution < 1.29 is 9.47 Å². The summed E-state index contributed by atoms with van der Waals surface area (Å²) in [4.78, 5) is 0. The molecule has 6 heteroatoms. The zero-order valence-electron chi connectivity index (χ0n) is 16.3. The van der Waals surface area contributed by atoms with Gasteiger partial charge in [0.15, 0.2) is 11.5 Å². The Labute approximate surface area is 190 Å². The van der Waals surface area contributed by atoms with Crippen molar-refractivity contribution in [3.8, 4) is 11.5 Å². The van der Waals surface area contributed by atoms with E-state index in [1.165, 1.54) is 5.56 Å². The summed E-state index contributed by atoms with van der Waals surface area (Å²) in [7, 11) is 0. The molecule has 0 aromatic heterocycles. The number of benzene rings is 3. The molecular formula is C23H22BrCl2NO2. The van der Waals surface area contributed by atoms with Crippen LogP contribution in [0.15, 0.2) is 59.1 Å². The van der Waals surface area contributed by atoms with Crippen molar-refractivity contribution in [1.82, 2.24) is 0 Å². The molecule has 0 saturated heterocycles. The highest BCUT2D eigenvalue weighted by atomic mass is 79.9. The van der Waals surface area contributed by atoms with Crippen LogP contribution in [0.2, 0.25) is 10.0 Å². The molecule has 1 N–H and O–H groups in total. The molecule has 29 heavy (non-hydrogen) atoms. The van der Waals surface area contributed by atoms with Gasteiger partial charge in [-0.05, 0) is 76.8 Å². The average molecular weight is 495 g/mol. The Bertz CT molecular complexity index is 995. The molecule has 0 bridgehead atoms. The van der Waals surface area contributed by atoms with E-state index in [4.69, 9.17) is 32.7 Å². The molecule has 3 aromatic carbocycles. The number of hydrogen-bond acceptors (Lipinski definition) is 3. The van der Waals surface area contributed by atoms with Gasteiger partial charge in [-0.3, -0.25) is 0 Å². The molecule has 0 fully saturated rings. The highest BCUT2D eigenvalue weighted by molar-refractivity contribution is 9.10. The maximum atomic E-state index is 6.11. The summed E-state index contributed by atoms with van der Waals surface area (Å²) < 4.78 is 12.8. The van der Waals surface area contributed by atoms with Gasteiger partial charge in [0, 0.05) is 12.2 Å². The lowest BCUT2D eigenvalue weighted by Gasteiger charge is -2.17. The Balaban J connectivity index is 1.76. The van der Waals surface area contributed by atoms with Gasteiger partial charge in [0.05, 0.1) is 21.1 Å². The third-order valence-electron chi connectivity index (χ3n) is 4.42. The van der Waals surface area contributed by atoms with E-state index in [9.17, 15) is 0 Å². The Morgan fingerprint density at radius 1 is 0.966 bits per heavy atom. The molecule has 0 aliphatic carbocycles. The first-order valence-electron chi connectivity index (χ1n) is 9.29. The van der Waals surface area contributed by atoms with Crippen molar-refractivity contribution >= 4 is 44.8 Å². The van der Waals surface area contributed by atoms with Gasteiger partial charge in [0.2, 0.25) is 0 Å². The third kappa shape index (κ3) is 5.81. The first-order chi connectivity index (χ1) is 14.0. The summed E-state index contributed by atoms with van der Waals surface area (Å²) >= 11 is 15.7. The highest BCUT2D eigenvalue weighted by Crippen LogP contribution is 2.38. The Morgan fingerprint density at radius 3 is 2.48 bits per heavy atom. The maximum absolute atomic E-state index is 6.11. The highest BCUT2D eigenvalue weighted by Gasteiger charge is 2.13. The van der Waals surface area contributed by atoms with Gasteiger partial charge < -0.3 is 14.8 Å². The monoisotopic (exact) mass is 493 g/mol. The molecule has 0 atom stereocenters. The number of rotatable bonds is 8. The van der Waals surface area contributed by atoms with Crippen LogP contribution in [0, 0.1) is 6.92 Å². The minimum absolute atomic E-state index is 0.478. The van der Waals surface area contributed by atoms with Crippen LogP contribution in [0.25, 0.3) is 0 Å². The molecule has 152 valence electrons. The molecule has 0 spiro atoms. The van der Waals surface area contributed by atoms with Gasteiger partial charge in [-0.2, -0.15) is 0 Å². The lowest BCUT2D eigenvalue weighted by atomic mass is 10.1. The second-order valence-corrected chi connectivity index (χ2v) is 8.20. The van der Waals surface area contributed by atoms with Crippen LogP contribution in [0.5, 0.6) is 11.5 Å².